The van der Waals surface area contributed by atoms with Crippen LogP contribution in [0.15, 0.2) is 29.3 Å². The van der Waals surface area contributed by atoms with Crippen LogP contribution < -0.4 is 4.74 Å². The van der Waals surface area contributed by atoms with Crippen LogP contribution in [-0.2, 0) is 14.3 Å². The van der Waals surface area contributed by atoms with E-state index in [2.05, 4.69) is 0 Å². The predicted octanol–water partition coefficient (Wildman–Crippen LogP) is 1.47. The van der Waals surface area contributed by atoms with Gasteiger partial charge in [-0.15, -0.1) is 0 Å². The first-order valence-electron chi connectivity index (χ1n) is 7.38. The topological polar surface area (TPSA) is 78.9 Å². The number of benzene rings is 1. The van der Waals surface area contributed by atoms with Crippen molar-refractivity contribution in [1.82, 2.24) is 0 Å². The Balaban J connectivity index is 1.93. The minimum Gasteiger partial charge on any atom is -0.496 e. The van der Waals surface area contributed by atoms with Crippen molar-refractivity contribution < 1.29 is 28.6 Å². The minimum absolute atomic E-state index is 0.0955. The number of ketones is 2. The van der Waals surface area contributed by atoms with Crippen LogP contribution in [0.25, 0.3) is 0 Å². The highest BCUT2D eigenvalue weighted by Gasteiger charge is 2.51. The molecule has 0 aromatic heterocycles. The van der Waals surface area contributed by atoms with Crippen LogP contribution in [-0.4, -0.2) is 43.0 Å². The highest BCUT2D eigenvalue weighted by Crippen LogP contribution is 2.42. The predicted molar refractivity (Wildman–Crippen MR) is 77.5 cm³/mol. The lowest BCUT2D eigenvalue weighted by Gasteiger charge is -2.35. The lowest BCUT2D eigenvalue weighted by Crippen LogP contribution is -2.44. The molecule has 1 aromatic rings. The molecule has 6 nitrogen and oxygen atoms in total. The van der Waals surface area contributed by atoms with Crippen molar-refractivity contribution in [2.75, 3.05) is 7.11 Å². The number of hydrogen-bond acceptors (Lipinski definition) is 6. The summed E-state index contributed by atoms with van der Waals surface area (Å²) < 4.78 is 16.2. The summed E-state index contributed by atoms with van der Waals surface area (Å²) in [6.45, 7) is 1.71. The summed E-state index contributed by atoms with van der Waals surface area (Å²) in [4.78, 5) is 37.5. The molecule has 0 spiro atoms. The Morgan fingerprint density at radius 1 is 1.13 bits per heavy atom. The zero-order valence-corrected chi connectivity index (χ0v) is 12.6. The van der Waals surface area contributed by atoms with Gasteiger partial charge in [-0.3, -0.25) is 14.4 Å². The summed E-state index contributed by atoms with van der Waals surface area (Å²) >= 11 is 0. The maximum Gasteiger partial charge on any atom is 0.309 e. The van der Waals surface area contributed by atoms with E-state index in [9.17, 15) is 14.4 Å². The van der Waals surface area contributed by atoms with Crippen LogP contribution in [0.1, 0.15) is 34.1 Å². The van der Waals surface area contributed by atoms with Gasteiger partial charge in [0.1, 0.15) is 11.9 Å². The van der Waals surface area contributed by atoms with E-state index in [1.165, 1.54) is 7.11 Å². The van der Waals surface area contributed by atoms with E-state index in [0.29, 0.717) is 5.75 Å². The quantitative estimate of drug-likeness (QED) is 0.731. The second-order valence-electron chi connectivity index (χ2n) is 5.80. The lowest BCUT2D eigenvalue weighted by atomic mass is 9.77. The fraction of sp³-hybridized carbons (Fsp3) is 0.353. The summed E-state index contributed by atoms with van der Waals surface area (Å²) in [6.07, 6.45) is -1.79. The standard InChI is InChI=1S/C17H14O6/c1-7-12-14(17-10(22-7)6-11(18)23-17)15(19)8-4-3-5-9(21-2)13(8)16(12)20/h3-5,7,10,17H,6H2,1-2H3/t7-,10-,17+/m1/s1. The molecular weight excluding hydrogens is 300 g/mol. The van der Waals surface area contributed by atoms with E-state index in [1.807, 2.05) is 0 Å². The largest absolute Gasteiger partial charge is 0.496 e. The van der Waals surface area contributed by atoms with Crippen molar-refractivity contribution in [1.29, 1.82) is 0 Å². The first-order valence-corrected chi connectivity index (χ1v) is 7.38. The highest BCUT2D eigenvalue weighted by molar-refractivity contribution is 6.29. The van der Waals surface area contributed by atoms with Crippen molar-refractivity contribution in [3.8, 4) is 5.75 Å². The van der Waals surface area contributed by atoms with Crippen molar-refractivity contribution >= 4 is 17.5 Å². The average molecular weight is 314 g/mol. The molecule has 2 heterocycles. The zero-order valence-electron chi connectivity index (χ0n) is 12.6. The van der Waals surface area contributed by atoms with Crippen LogP contribution in [0.2, 0.25) is 0 Å². The van der Waals surface area contributed by atoms with Gasteiger partial charge in [-0.1, -0.05) is 12.1 Å². The number of carbonyl (C=O) groups is 3. The fourth-order valence-electron chi connectivity index (χ4n) is 3.57. The summed E-state index contributed by atoms with van der Waals surface area (Å²) in [5.41, 5.74) is 1.05. The van der Waals surface area contributed by atoms with E-state index < -0.39 is 24.3 Å². The number of carbonyl (C=O) groups excluding carboxylic acids is 3. The Morgan fingerprint density at radius 2 is 1.91 bits per heavy atom. The molecule has 118 valence electrons. The SMILES string of the molecule is COc1cccc2c1C(=O)C1=C(C2=O)[C@H]2OC(=O)C[C@H]2O[C@@H]1C. The molecule has 1 fully saturated rings. The molecule has 4 rings (SSSR count). The van der Waals surface area contributed by atoms with E-state index in [1.54, 1.807) is 25.1 Å². The molecule has 0 N–H and O–H groups in total. The Kier molecular flexibility index (Phi) is 2.93. The van der Waals surface area contributed by atoms with Gasteiger partial charge >= 0.3 is 5.97 Å². The fourth-order valence-corrected chi connectivity index (χ4v) is 3.57. The van der Waals surface area contributed by atoms with E-state index in [4.69, 9.17) is 14.2 Å². The Labute approximate surface area is 132 Å². The molecule has 2 aliphatic heterocycles. The van der Waals surface area contributed by atoms with Crippen molar-refractivity contribution in [3.05, 3.63) is 40.5 Å². The zero-order chi connectivity index (χ0) is 16.3. The molecule has 1 saturated heterocycles. The molecule has 1 aromatic carbocycles. The summed E-state index contributed by atoms with van der Waals surface area (Å²) in [5, 5.41) is 0. The first-order chi connectivity index (χ1) is 11.0. The summed E-state index contributed by atoms with van der Waals surface area (Å²) in [6, 6.07) is 4.89. The number of fused-ring (bicyclic) bond motifs is 3. The maximum atomic E-state index is 12.9. The smallest absolute Gasteiger partial charge is 0.309 e. The van der Waals surface area contributed by atoms with Crippen molar-refractivity contribution in [3.63, 3.8) is 0 Å². The normalized spacial score (nSPS) is 29.0. The van der Waals surface area contributed by atoms with Gasteiger partial charge in [0.25, 0.3) is 0 Å². The molecule has 0 bridgehead atoms. The van der Waals surface area contributed by atoms with Crippen molar-refractivity contribution in [2.45, 2.75) is 31.7 Å². The van der Waals surface area contributed by atoms with E-state index in [0.717, 1.165) is 0 Å². The van der Waals surface area contributed by atoms with Gasteiger partial charge in [0.05, 0.1) is 30.8 Å². The third-order valence-corrected chi connectivity index (χ3v) is 4.53. The number of esters is 1. The molecular formula is C17H14O6. The molecule has 1 aliphatic carbocycles. The van der Waals surface area contributed by atoms with Gasteiger partial charge in [-0.2, -0.15) is 0 Å². The molecule has 0 radical (unpaired) electrons. The van der Waals surface area contributed by atoms with Crippen LogP contribution in [0.4, 0.5) is 0 Å². The minimum atomic E-state index is -0.801. The molecule has 23 heavy (non-hydrogen) atoms. The Morgan fingerprint density at radius 3 is 2.65 bits per heavy atom. The van der Waals surface area contributed by atoms with Crippen LogP contribution in [0, 0.1) is 0 Å². The summed E-state index contributed by atoms with van der Waals surface area (Å²) in [7, 11) is 1.45. The number of hydrogen-bond donors (Lipinski definition) is 0. The highest BCUT2D eigenvalue weighted by atomic mass is 16.6. The first kappa shape index (κ1) is 14.1. The second kappa shape index (κ2) is 4.76. The van der Waals surface area contributed by atoms with Gasteiger partial charge in [0.15, 0.2) is 17.7 Å². The molecule has 0 amide bonds. The van der Waals surface area contributed by atoms with Crippen LogP contribution >= 0.6 is 0 Å². The summed E-state index contributed by atoms with van der Waals surface area (Å²) in [5.74, 6) is -0.669. The Bertz CT molecular complexity index is 790. The Hall–Kier alpha value is -2.47. The van der Waals surface area contributed by atoms with Gasteiger partial charge < -0.3 is 14.2 Å². The number of Topliss-reactive ketones (excluding diaryl/α,β-unsaturated/α-hetero) is 2. The lowest BCUT2D eigenvalue weighted by molar-refractivity contribution is -0.140. The van der Waals surface area contributed by atoms with Crippen molar-refractivity contribution in [2.24, 2.45) is 0 Å². The number of rotatable bonds is 1. The van der Waals surface area contributed by atoms with Gasteiger partial charge in [-0.05, 0) is 13.0 Å². The van der Waals surface area contributed by atoms with Crippen LogP contribution in [0.3, 0.4) is 0 Å². The third-order valence-electron chi connectivity index (χ3n) is 4.53. The van der Waals surface area contributed by atoms with Gasteiger partial charge in [-0.25, -0.2) is 0 Å². The maximum absolute atomic E-state index is 12.9. The second-order valence-corrected chi connectivity index (χ2v) is 5.80. The molecule has 0 unspecified atom stereocenters. The van der Waals surface area contributed by atoms with Gasteiger partial charge in [0, 0.05) is 11.1 Å². The number of ether oxygens (including phenoxy) is 3. The van der Waals surface area contributed by atoms with E-state index >= 15 is 0 Å². The monoisotopic (exact) mass is 314 g/mol. The van der Waals surface area contributed by atoms with E-state index in [-0.39, 0.29) is 40.3 Å². The van der Waals surface area contributed by atoms with Gasteiger partial charge in [0.2, 0.25) is 0 Å². The average Bonchev–Trinajstić information content (AvgIpc) is 2.90. The number of methoxy groups -OCH3 is 1. The van der Waals surface area contributed by atoms with Crippen LogP contribution in [0.5, 0.6) is 5.75 Å². The third kappa shape index (κ3) is 1.81. The molecule has 0 saturated carbocycles. The molecule has 6 heteroatoms. The molecule has 3 aliphatic rings. The molecule has 3 atom stereocenters.